The maximum atomic E-state index is 14.3. The fourth-order valence-electron chi connectivity index (χ4n) is 3.11. The van der Waals surface area contributed by atoms with Gasteiger partial charge in [0.2, 0.25) is 21.8 Å². The molecule has 0 aromatic heterocycles. The molecule has 7 nitrogen and oxygen atoms in total. The molecule has 0 bridgehead atoms. The van der Waals surface area contributed by atoms with Crippen LogP contribution in [0.5, 0.6) is 0 Å². The van der Waals surface area contributed by atoms with Crippen LogP contribution < -0.4 is 9.62 Å². The van der Waals surface area contributed by atoms with Crippen LogP contribution in [-0.2, 0) is 26.2 Å². The van der Waals surface area contributed by atoms with Gasteiger partial charge in [0.25, 0.3) is 0 Å². The molecule has 2 rings (SSSR count). The molecule has 2 aromatic carbocycles. The Hall–Kier alpha value is -2.72. The van der Waals surface area contributed by atoms with Crippen molar-refractivity contribution in [2.75, 3.05) is 17.1 Å². The van der Waals surface area contributed by atoms with E-state index in [9.17, 15) is 26.8 Å². The fourth-order valence-corrected chi connectivity index (χ4v) is 4.13. The van der Waals surface area contributed by atoms with Crippen molar-refractivity contribution in [2.24, 2.45) is 0 Å². The van der Waals surface area contributed by atoms with Gasteiger partial charge >= 0.3 is 0 Å². The highest BCUT2D eigenvalue weighted by Gasteiger charge is 2.31. The Morgan fingerprint density at radius 2 is 1.74 bits per heavy atom. The van der Waals surface area contributed by atoms with Gasteiger partial charge in [0, 0.05) is 18.2 Å². The maximum absolute atomic E-state index is 14.3. The lowest BCUT2D eigenvalue weighted by Gasteiger charge is -2.32. The molecule has 2 amide bonds. The predicted molar refractivity (Wildman–Crippen MR) is 128 cm³/mol. The van der Waals surface area contributed by atoms with Gasteiger partial charge in [-0.3, -0.25) is 13.9 Å². The number of amides is 2. The van der Waals surface area contributed by atoms with E-state index in [0.29, 0.717) is 6.42 Å². The highest BCUT2D eigenvalue weighted by Crippen LogP contribution is 2.25. The highest BCUT2D eigenvalue weighted by molar-refractivity contribution is 7.92. The van der Waals surface area contributed by atoms with Crippen LogP contribution in [0.25, 0.3) is 0 Å². The largest absolute Gasteiger partial charge is 0.352 e. The van der Waals surface area contributed by atoms with Gasteiger partial charge in [-0.15, -0.1) is 0 Å². The average molecular weight is 516 g/mol. The van der Waals surface area contributed by atoms with E-state index in [1.165, 1.54) is 31.2 Å². The van der Waals surface area contributed by atoms with E-state index < -0.39 is 46.1 Å². The molecule has 1 N–H and O–H groups in total. The Morgan fingerprint density at radius 3 is 2.29 bits per heavy atom. The summed E-state index contributed by atoms with van der Waals surface area (Å²) in [7, 11) is -4.00. The molecule has 0 saturated carbocycles. The molecule has 0 spiro atoms. The van der Waals surface area contributed by atoms with E-state index in [1.807, 2.05) is 6.92 Å². The molecule has 0 fully saturated rings. The van der Waals surface area contributed by atoms with Crippen LogP contribution in [-0.4, -0.2) is 50.0 Å². The number of carbonyl (C=O) groups excluding carboxylic acids is 2. The third-order valence-corrected chi connectivity index (χ3v) is 6.77. The van der Waals surface area contributed by atoms with Crippen LogP contribution in [0, 0.1) is 11.6 Å². The van der Waals surface area contributed by atoms with E-state index in [0.717, 1.165) is 27.6 Å². The van der Waals surface area contributed by atoms with Gasteiger partial charge in [-0.05, 0) is 44.5 Å². The number of halogens is 3. The molecular weight excluding hydrogens is 488 g/mol. The van der Waals surface area contributed by atoms with Gasteiger partial charge in [0.1, 0.15) is 24.2 Å². The minimum atomic E-state index is -4.00. The summed E-state index contributed by atoms with van der Waals surface area (Å²) in [4.78, 5) is 27.2. The van der Waals surface area contributed by atoms with Crippen molar-refractivity contribution in [2.45, 2.75) is 45.8 Å². The molecule has 0 aliphatic rings. The molecule has 0 radical (unpaired) electrons. The summed E-state index contributed by atoms with van der Waals surface area (Å²) in [6.45, 7) is 4.21. The van der Waals surface area contributed by atoms with Gasteiger partial charge in [-0.2, -0.15) is 0 Å². The first-order valence-electron chi connectivity index (χ1n) is 10.6. The molecule has 0 aliphatic carbocycles. The standard InChI is InChI=1S/C23H28ClF2N3O4S/c1-5-15(2)27-23(31)16(3)28(13-17-8-6-7-9-20(17)25)22(30)14-29(34(4,32)33)18-10-11-21(26)19(24)12-18/h6-12,15-16H,5,13-14H2,1-4H3,(H,27,31)/t15-,16+/m1/s1. The Morgan fingerprint density at radius 1 is 1.09 bits per heavy atom. The van der Waals surface area contributed by atoms with Crippen LogP contribution in [0.4, 0.5) is 14.5 Å². The van der Waals surface area contributed by atoms with Gasteiger partial charge in [-0.1, -0.05) is 36.7 Å². The molecule has 11 heteroatoms. The van der Waals surface area contributed by atoms with Gasteiger partial charge in [0.15, 0.2) is 0 Å². The second-order valence-electron chi connectivity index (χ2n) is 7.97. The van der Waals surface area contributed by atoms with E-state index in [-0.39, 0.29) is 28.9 Å². The summed E-state index contributed by atoms with van der Waals surface area (Å²) in [5.74, 6) is -2.53. The predicted octanol–water partition coefficient (Wildman–Crippen LogP) is 3.72. The number of carbonyl (C=O) groups is 2. The van der Waals surface area contributed by atoms with Crippen molar-refractivity contribution in [1.82, 2.24) is 10.2 Å². The number of sulfonamides is 1. The van der Waals surface area contributed by atoms with Gasteiger partial charge in [0.05, 0.1) is 17.0 Å². The van der Waals surface area contributed by atoms with E-state index >= 15 is 0 Å². The Balaban J connectivity index is 2.42. The Kier molecular flexibility index (Phi) is 9.40. The van der Waals surface area contributed by atoms with Gasteiger partial charge < -0.3 is 10.2 Å². The van der Waals surface area contributed by atoms with Crippen molar-refractivity contribution in [3.05, 3.63) is 64.7 Å². The van der Waals surface area contributed by atoms with Crippen molar-refractivity contribution in [1.29, 1.82) is 0 Å². The molecule has 0 aliphatic heterocycles. The number of benzene rings is 2. The molecule has 0 saturated heterocycles. The molecule has 34 heavy (non-hydrogen) atoms. The van der Waals surface area contributed by atoms with Crippen molar-refractivity contribution in [3.63, 3.8) is 0 Å². The first-order valence-corrected chi connectivity index (χ1v) is 12.8. The van der Waals surface area contributed by atoms with Crippen molar-refractivity contribution < 1.29 is 26.8 Å². The van der Waals surface area contributed by atoms with Crippen LogP contribution in [0.2, 0.25) is 5.02 Å². The highest BCUT2D eigenvalue weighted by atomic mass is 35.5. The normalized spacial score (nSPS) is 13.1. The number of rotatable bonds is 10. The minimum absolute atomic E-state index is 0.0233. The SMILES string of the molecule is CC[C@@H](C)NC(=O)[C@H](C)N(Cc1ccccc1F)C(=O)CN(c1ccc(F)c(Cl)c1)S(C)(=O)=O. The first kappa shape index (κ1) is 27.5. The van der Waals surface area contributed by atoms with E-state index in [2.05, 4.69) is 5.32 Å². The third-order valence-electron chi connectivity index (χ3n) is 5.34. The maximum Gasteiger partial charge on any atom is 0.244 e. The number of hydrogen-bond donors (Lipinski definition) is 1. The minimum Gasteiger partial charge on any atom is -0.352 e. The molecule has 2 aromatic rings. The second-order valence-corrected chi connectivity index (χ2v) is 10.3. The third kappa shape index (κ3) is 7.14. The second kappa shape index (κ2) is 11.6. The number of nitrogens with one attached hydrogen (secondary N) is 1. The van der Waals surface area contributed by atoms with Crippen LogP contribution in [0.3, 0.4) is 0 Å². The quantitative estimate of drug-likeness (QED) is 0.522. The Labute approximate surface area is 203 Å². The number of hydrogen-bond acceptors (Lipinski definition) is 4. The van der Waals surface area contributed by atoms with E-state index in [4.69, 9.17) is 11.6 Å². The molecule has 186 valence electrons. The fraction of sp³-hybridized carbons (Fsp3) is 0.391. The van der Waals surface area contributed by atoms with Crippen LogP contribution in [0.1, 0.15) is 32.8 Å². The van der Waals surface area contributed by atoms with E-state index in [1.54, 1.807) is 13.0 Å². The molecule has 0 unspecified atom stereocenters. The van der Waals surface area contributed by atoms with Crippen molar-refractivity contribution in [3.8, 4) is 0 Å². The first-order chi connectivity index (χ1) is 15.8. The summed E-state index contributed by atoms with van der Waals surface area (Å²) in [6, 6.07) is 7.85. The summed E-state index contributed by atoms with van der Waals surface area (Å²) in [5.41, 5.74) is 0.138. The monoisotopic (exact) mass is 515 g/mol. The zero-order valence-electron chi connectivity index (χ0n) is 19.4. The molecule has 0 heterocycles. The van der Waals surface area contributed by atoms with Crippen LogP contribution in [0.15, 0.2) is 42.5 Å². The number of anilines is 1. The summed E-state index contributed by atoms with van der Waals surface area (Å²) in [5, 5.41) is 2.46. The summed E-state index contributed by atoms with van der Waals surface area (Å²) in [6.07, 6.45) is 1.55. The lowest BCUT2D eigenvalue weighted by atomic mass is 10.1. The number of nitrogens with zero attached hydrogens (tertiary/aromatic N) is 2. The molecular formula is C23H28ClF2N3O4S. The van der Waals surface area contributed by atoms with Crippen LogP contribution >= 0.6 is 11.6 Å². The summed E-state index contributed by atoms with van der Waals surface area (Å²) >= 11 is 5.80. The Bertz CT molecular complexity index is 1150. The zero-order chi connectivity index (χ0) is 25.6. The zero-order valence-corrected chi connectivity index (χ0v) is 21.0. The van der Waals surface area contributed by atoms with Crippen molar-refractivity contribution >= 4 is 39.1 Å². The lowest BCUT2D eigenvalue weighted by molar-refractivity contribution is -0.139. The lowest BCUT2D eigenvalue weighted by Crippen LogP contribution is -2.52. The van der Waals surface area contributed by atoms with Gasteiger partial charge in [-0.25, -0.2) is 17.2 Å². The molecule has 2 atom stereocenters. The summed E-state index contributed by atoms with van der Waals surface area (Å²) < 4.78 is 53.6. The smallest absolute Gasteiger partial charge is 0.244 e. The average Bonchev–Trinajstić information content (AvgIpc) is 2.77. The topological polar surface area (TPSA) is 86.8 Å².